The SMILES string of the molecule is CCC/C=C\[C@@H](C)O[Si](C)(C)C(C)(C)C. The monoisotopic (exact) mass is 228 g/mol. The highest BCUT2D eigenvalue weighted by Gasteiger charge is 2.37. The molecule has 0 radical (unpaired) electrons. The minimum Gasteiger partial charge on any atom is -0.411 e. The molecular formula is C13H28OSi. The Hall–Kier alpha value is -0.0831. The van der Waals surface area contributed by atoms with E-state index in [2.05, 4.69) is 59.9 Å². The van der Waals surface area contributed by atoms with Crippen molar-refractivity contribution >= 4 is 8.32 Å². The predicted molar refractivity (Wildman–Crippen MR) is 71.8 cm³/mol. The van der Waals surface area contributed by atoms with Crippen molar-refractivity contribution in [1.82, 2.24) is 0 Å². The third-order valence-corrected chi connectivity index (χ3v) is 7.72. The average molecular weight is 228 g/mol. The highest BCUT2D eigenvalue weighted by molar-refractivity contribution is 6.74. The van der Waals surface area contributed by atoms with Gasteiger partial charge < -0.3 is 4.43 Å². The van der Waals surface area contributed by atoms with Crippen LogP contribution in [0.15, 0.2) is 12.2 Å². The topological polar surface area (TPSA) is 9.23 Å². The van der Waals surface area contributed by atoms with E-state index in [1.165, 1.54) is 6.42 Å². The Morgan fingerprint density at radius 1 is 1.27 bits per heavy atom. The molecule has 15 heavy (non-hydrogen) atoms. The zero-order valence-corrected chi connectivity index (χ0v) is 12.6. The smallest absolute Gasteiger partial charge is 0.192 e. The van der Waals surface area contributed by atoms with Gasteiger partial charge in [0, 0.05) is 0 Å². The van der Waals surface area contributed by atoms with Crippen LogP contribution in [-0.2, 0) is 4.43 Å². The predicted octanol–water partition coefficient (Wildman–Crippen LogP) is 4.75. The second-order valence-electron chi connectivity index (χ2n) is 5.80. The summed E-state index contributed by atoms with van der Waals surface area (Å²) in [6.45, 7) is 15.8. The lowest BCUT2D eigenvalue weighted by Gasteiger charge is -2.37. The lowest BCUT2D eigenvalue weighted by atomic mass is 10.2. The molecule has 0 heterocycles. The van der Waals surface area contributed by atoms with Crippen LogP contribution in [0.2, 0.25) is 18.1 Å². The lowest BCUT2D eigenvalue weighted by Crippen LogP contribution is -2.42. The van der Waals surface area contributed by atoms with E-state index in [1.807, 2.05) is 0 Å². The van der Waals surface area contributed by atoms with Crippen molar-refractivity contribution in [1.29, 1.82) is 0 Å². The molecule has 0 amide bonds. The summed E-state index contributed by atoms with van der Waals surface area (Å²) in [6, 6.07) is 0. The minimum atomic E-state index is -1.58. The number of allylic oxidation sites excluding steroid dienone is 1. The molecule has 90 valence electrons. The van der Waals surface area contributed by atoms with Gasteiger partial charge in [-0.1, -0.05) is 46.3 Å². The molecule has 0 fully saturated rings. The Morgan fingerprint density at radius 2 is 1.80 bits per heavy atom. The molecule has 0 rings (SSSR count). The third kappa shape index (κ3) is 5.52. The first kappa shape index (κ1) is 14.9. The van der Waals surface area contributed by atoms with Crippen LogP contribution in [0.1, 0.15) is 47.5 Å². The lowest BCUT2D eigenvalue weighted by molar-refractivity contribution is 0.243. The summed E-state index contributed by atoms with van der Waals surface area (Å²) in [4.78, 5) is 0. The number of hydrogen-bond acceptors (Lipinski definition) is 1. The molecule has 0 N–H and O–H groups in total. The molecule has 0 aliphatic heterocycles. The van der Waals surface area contributed by atoms with Crippen molar-refractivity contribution in [3.8, 4) is 0 Å². The van der Waals surface area contributed by atoms with Gasteiger partial charge in [-0.3, -0.25) is 0 Å². The Morgan fingerprint density at radius 3 is 2.20 bits per heavy atom. The summed E-state index contributed by atoms with van der Waals surface area (Å²) in [5.41, 5.74) is 0. The molecule has 0 aromatic heterocycles. The van der Waals surface area contributed by atoms with Gasteiger partial charge in [-0.2, -0.15) is 0 Å². The molecule has 0 aromatic rings. The standard InChI is InChI=1S/C13H28OSi/c1-8-9-10-11-12(2)14-15(6,7)13(3,4)5/h10-12H,8-9H2,1-7H3/b11-10-/t12-/m1/s1. The van der Waals surface area contributed by atoms with Gasteiger partial charge in [-0.15, -0.1) is 0 Å². The fraction of sp³-hybridized carbons (Fsp3) is 0.846. The molecule has 0 aliphatic rings. The van der Waals surface area contributed by atoms with Crippen LogP contribution < -0.4 is 0 Å². The van der Waals surface area contributed by atoms with Gasteiger partial charge in [0.1, 0.15) is 0 Å². The van der Waals surface area contributed by atoms with Crippen LogP contribution in [-0.4, -0.2) is 14.4 Å². The van der Waals surface area contributed by atoms with E-state index < -0.39 is 8.32 Å². The van der Waals surface area contributed by atoms with Gasteiger partial charge in [0.15, 0.2) is 8.32 Å². The van der Waals surface area contributed by atoms with Gasteiger partial charge in [0.05, 0.1) is 6.10 Å². The molecule has 0 saturated heterocycles. The molecule has 1 nitrogen and oxygen atoms in total. The average Bonchev–Trinajstić information content (AvgIpc) is 2.01. The molecular weight excluding hydrogens is 200 g/mol. The van der Waals surface area contributed by atoms with Crippen molar-refractivity contribution in [2.75, 3.05) is 0 Å². The van der Waals surface area contributed by atoms with Gasteiger partial charge in [-0.25, -0.2) is 0 Å². The van der Waals surface area contributed by atoms with E-state index in [9.17, 15) is 0 Å². The third-order valence-electron chi connectivity index (χ3n) is 3.15. The number of hydrogen-bond donors (Lipinski definition) is 0. The summed E-state index contributed by atoms with van der Waals surface area (Å²) in [5.74, 6) is 0. The first-order valence-electron chi connectivity index (χ1n) is 6.05. The molecule has 0 bridgehead atoms. The summed E-state index contributed by atoms with van der Waals surface area (Å²) >= 11 is 0. The number of rotatable bonds is 5. The van der Waals surface area contributed by atoms with Crippen LogP contribution in [0, 0.1) is 0 Å². The maximum atomic E-state index is 6.20. The fourth-order valence-corrected chi connectivity index (χ4v) is 2.50. The summed E-state index contributed by atoms with van der Waals surface area (Å²) in [6.07, 6.45) is 7.06. The van der Waals surface area contributed by atoms with Crippen molar-refractivity contribution in [3.63, 3.8) is 0 Å². The van der Waals surface area contributed by atoms with Gasteiger partial charge in [-0.05, 0) is 31.5 Å². The van der Waals surface area contributed by atoms with Gasteiger partial charge in [0.2, 0.25) is 0 Å². The summed E-state index contributed by atoms with van der Waals surface area (Å²) in [7, 11) is -1.58. The molecule has 0 spiro atoms. The second-order valence-corrected chi connectivity index (χ2v) is 10.6. The first-order chi connectivity index (χ1) is 6.70. The normalized spacial score (nSPS) is 15.9. The van der Waals surface area contributed by atoms with Crippen LogP contribution in [0.5, 0.6) is 0 Å². The van der Waals surface area contributed by atoms with E-state index in [0.29, 0.717) is 5.04 Å². The fourth-order valence-electron chi connectivity index (χ4n) is 1.14. The van der Waals surface area contributed by atoms with Crippen molar-refractivity contribution in [3.05, 3.63) is 12.2 Å². The first-order valence-corrected chi connectivity index (χ1v) is 8.96. The molecule has 0 aliphatic carbocycles. The number of unbranched alkanes of at least 4 members (excludes halogenated alkanes) is 1. The quantitative estimate of drug-likeness (QED) is 0.487. The zero-order chi connectivity index (χ0) is 12.1. The van der Waals surface area contributed by atoms with Crippen LogP contribution in [0.25, 0.3) is 0 Å². The molecule has 0 aromatic carbocycles. The Kier molecular flexibility index (Phi) is 5.82. The van der Waals surface area contributed by atoms with Crippen molar-refractivity contribution in [2.24, 2.45) is 0 Å². The molecule has 0 unspecified atom stereocenters. The van der Waals surface area contributed by atoms with Crippen molar-refractivity contribution < 1.29 is 4.43 Å². The van der Waals surface area contributed by atoms with Crippen LogP contribution >= 0.6 is 0 Å². The molecule has 0 saturated carbocycles. The van der Waals surface area contributed by atoms with Crippen LogP contribution in [0.4, 0.5) is 0 Å². The largest absolute Gasteiger partial charge is 0.411 e. The minimum absolute atomic E-state index is 0.262. The Balaban J connectivity index is 4.22. The second kappa shape index (κ2) is 5.85. The van der Waals surface area contributed by atoms with Crippen molar-refractivity contribution in [2.45, 2.75) is 71.7 Å². The summed E-state index contributed by atoms with van der Waals surface area (Å²) < 4.78 is 6.20. The van der Waals surface area contributed by atoms with Gasteiger partial charge >= 0.3 is 0 Å². The maximum Gasteiger partial charge on any atom is 0.192 e. The van der Waals surface area contributed by atoms with E-state index in [1.54, 1.807) is 0 Å². The van der Waals surface area contributed by atoms with E-state index in [4.69, 9.17) is 4.43 Å². The zero-order valence-electron chi connectivity index (χ0n) is 11.6. The van der Waals surface area contributed by atoms with Crippen LogP contribution in [0.3, 0.4) is 0 Å². The summed E-state index contributed by atoms with van der Waals surface area (Å²) in [5, 5.41) is 0.305. The Labute approximate surface area is 97.0 Å². The van der Waals surface area contributed by atoms with E-state index >= 15 is 0 Å². The van der Waals surface area contributed by atoms with Gasteiger partial charge in [0.25, 0.3) is 0 Å². The highest BCUT2D eigenvalue weighted by Crippen LogP contribution is 2.37. The molecule has 2 heteroatoms. The maximum absolute atomic E-state index is 6.20. The Bertz CT molecular complexity index is 201. The van der Waals surface area contributed by atoms with E-state index in [0.717, 1.165) is 6.42 Å². The highest BCUT2D eigenvalue weighted by atomic mass is 28.4. The van der Waals surface area contributed by atoms with E-state index in [-0.39, 0.29) is 6.10 Å². The molecule has 1 atom stereocenters.